The number of aromatic nitrogens is 4. The second-order valence-corrected chi connectivity index (χ2v) is 6.43. The first-order valence-corrected chi connectivity index (χ1v) is 8.77. The maximum Gasteiger partial charge on any atom is 0.416 e. The fourth-order valence-electron chi connectivity index (χ4n) is 2.71. The molecule has 3 aromatic rings. The summed E-state index contributed by atoms with van der Waals surface area (Å²) >= 11 is 0. The van der Waals surface area contributed by atoms with Gasteiger partial charge in [0.15, 0.2) is 0 Å². The summed E-state index contributed by atoms with van der Waals surface area (Å²) in [5.41, 5.74) is 0.333. The number of carbonyl (C=O) groups excluding carboxylic acids is 1. The van der Waals surface area contributed by atoms with Crippen molar-refractivity contribution in [2.45, 2.75) is 12.6 Å². The van der Waals surface area contributed by atoms with E-state index in [2.05, 4.69) is 20.4 Å². The van der Waals surface area contributed by atoms with Crippen LogP contribution in [0.1, 0.15) is 11.3 Å². The second-order valence-electron chi connectivity index (χ2n) is 6.43. The third-order valence-electron chi connectivity index (χ3n) is 4.15. The standard InChI is InChI=1S/C19H19F3N6O/c1-27(9-7-15-4-2-3-8-24-15)11-18(29)26-16-10-14(19(20,21)22)5-6-17(16)28-13-23-12-25-28/h2-6,8,10,12-13H,7,9,11H2,1H3,(H,26,29). The monoisotopic (exact) mass is 404 g/mol. The average molecular weight is 404 g/mol. The number of carbonyl (C=O) groups is 1. The highest BCUT2D eigenvalue weighted by Crippen LogP contribution is 2.33. The van der Waals surface area contributed by atoms with Crippen LogP contribution in [-0.4, -0.2) is 50.7 Å². The van der Waals surface area contributed by atoms with Crippen molar-refractivity contribution in [3.05, 3.63) is 66.5 Å². The molecule has 2 aromatic heterocycles. The minimum atomic E-state index is -4.53. The van der Waals surface area contributed by atoms with Gasteiger partial charge in [0.25, 0.3) is 0 Å². The Hall–Kier alpha value is -3.27. The number of alkyl halides is 3. The first-order valence-electron chi connectivity index (χ1n) is 8.77. The number of nitrogens with one attached hydrogen (secondary N) is 1. The summed E-state index contributed by atoms with van der Waals surface area (Å²) in [6.45, 7) is 0.586. The van der Waals surface area contributed by atoms with Gasteiger partial charge in [-0.25, -0.2) is 9.67 Å². The molecule has 0 aliphatic carbocycles. The molecule has 152 valence electrons. The van der Waals surface area contributed by atoms with Crippen LogP contribution in [0.5, 0.6) is 0 Å². The quantitative estimate of drug-likeness (QED) is 0.655. The molecule has 29 heavy (non-hydrogen) atoms. The Morgan fingerprint density at radius 2 is 2.07 bits per heavy atom. The van der Waals surface area contributed by atoms with Crippen LogP contribution in [-0.2, 0) is 17.4 Å². The Kier molecular flexibility index (Phi) is 6.23. The molecular weight excluding hydrogens is 385 g/mol. The highest BCUT2D eigenvalue weighted by Gasteiger charge is 2.31. The van der Waals surface area contributed by atoms with E-state index in [4.69, 9.17) is 0 Å². The van der Waals surface area contributed by atoms with Gasteiger partial charge in [-0.1, -0.05) is 6.07 Å². The topological polar surface area (TPSA) is 75.9 Å². The van der Waals surface area contributed by atoms with Crippen LogP contribution in [0.2, 0.25) is 0 Å². The Bertz CT molecular complexity index is 944. The summed E-state index contributed by atoms with van der Waals surface area (Å²) in [7, 11) is 1.76. The van der Waals surface area contributed by atoms with Crippen molar-refractivity contribution in [2.75, 3.05) is 25.5 Å². The number of rotatable bonds is 7. The van der Waals surface area contributed by atoms with E-state index >= 15 is 0 Å². The molecule has 1 N–H and O–H groups in total. The van der Waals surface area contributed by atoms with Crippen LogP contribution < -0.4 is 5.32 Å². The van der Waals surface area contributed by atoms with Crippen molar-refractivity contribution in [1.29, 1.82) is 0 Å². The van der Waals surface area contributed by atoms with Crippen molar-refractivity contribution in [2.24, 2.45) is 0 Å². The summed E-state index contributed by atoms with van der Waals surface area (Å²) in [6.07, 6.45) is 0.422. The molecule has 0 saturated heterocycles. The molecule has 7 nitrogen and oxygen atoms in total. The van der Waals surface area contributed by atoms with Gasteiger partial charge in [-0.3, -0.25) is 14.7 Å². The lowest BCUT2D eigenvalue weighted by molar-refractivity contribution is -0.137. The van der Waals surface area contributed by atoms with Crippen LogP contribution in [0.15, 0.2) is 55.2 Å². The second kappa shape index (κ2) is 8.82. The van der Waals surface area contributed by atoms with E-state index in [1.54, 1.807) is 18.1 Å². The zero-order chi connectivity index (χ0) is 20.9. The van der Waals surface area contributed by atoms with Gasteiger partial charge in [0.05, 0.1) is 23.5 Å². The molecule has 0 bridgehead atoms. The average Bonchev–Trinajstić information content (AvgIpc) is 3.21. The van der Waals surface area contributed by atoms with E-state index in [0.717, 1.165) is 17.8 Å². The summed E-state index contributed by atoms with van der Waals surface area (Å²) in [4.78, 5) is 22.2. The summed E-state index contributed by atoms with van der Waals surface area (Å²) < 4.78 is 40.6. The van der Waals surface area contributed by atoms with Crippen LogP contribution in [0, 0.1) is 0 Å². The van der Waals surface area contributed by atoms with E-state index in [1.165, 1.54) is 23.4 Å². The van der Waals surface area contributed by atoms with Gasteiger partial charge in [-0.05, 0) is 37.4 Å². The Balaban J connectivity index is 1.69. The van der Waals surface area contributed by atoms with Gasteiger partial charge in [0.1, 0.15) is 12.7 Å². The van der Waals surface area contributed by atoms with E-state index in [-0.39, 0.29) is 12.2 Å². The van der Waals surface area contributed by atoms with Gasteiger partial charge in [0, 0.05) is 24.9 Å². The molecule has 0 atom stereocenters. The number of likely N-dealkylation sites (N-methyl/N-ethyl adjacent to an activating group) is 1. The largest absolute Gasteiger partial charge is 0.416 e. The lowest BCUT2D eigenvalue weighted by Crippen LogP contribution is -2.32. The SMILES string of the molecule is CN(CCc1ccccn1)CC(=O)Nc1cc(C(F)(F)F)ccc1-n1cncn1. The third-order valence-corrected chi connectivity index (χ3v) is 4.15. The predicted molar refractivity (Wildman–Crippen MR) is 100 cm³/mol. The molecule has 10 heteroatoms. The predicted octanol–water partition coefficient (Wildman–Crippen LogP) is 2.79. The highest BCUT2D eigenvalue weighted by atomic mass is 19.4. The lowest BCUT2D eigenvalue weighted by Gasteiger charge is -2.18. The Labute approximate surface area is 165 Å². The number of benzene rings is 1. The Morgan fingerprint density at radius 3 is 2.72 bits per heavy atom. The van der Waals surface area contributed by atoms with E-state index in [1.807, 2.05) is 18.2 Å². The molecule has 0 unspecified atom stereocenters. The zero-order valence-electron chi connectivity index (χ0n) is 15.6. The molecule has 0 fully saturated rings. The summed E-state index contributed by atoms with van der Waals surface area (Å²) in [6, 6.07) is 8.67. The fourth-order valence-corrected chi connectivity index (χ4v) is 2.71. The van der Waals surface area contributed by atoms with Crippen LogP contribution in [0.25, 0.3) is 5.69 Å². The van der Waals surface area contributed by atoms with Gasteiger partial charge < -0.3 is 5.32 Å². The van der Waals surface area contributed by atoms with Crippen molar-refractivity contribution in [3.63, 3.8) is 0 Å². The van der Waals surface area contributed by atoms with Crippen LogP contribution in [0.3, 0.4) is 0 Å². The molecule has 1 aromatic carbocycles. The number of halogens is 3. The molecule has 3 rings (SSSR count). The van der Waals surface area contributed by atoms with Crippen molar-refractivity contribution in [1.82, 2.24) is 24.6 Å². The minimum Gasteiger partial charge on any atom is -0.323 e. The molecule has 0 aliphatic rings. The van der Waals surface area contributed by atoms with E-state index < -0.39 is 17.6 Å². The van der Waals surface area contributed by atoms with Gasteiger partial charge in [-0.2, -0.15) is 18.3 Å². The van der Waals surface area contributed by atoms with Crippen molar-refractivity contribution >= 4 is 11.6 Å². The molecular formula is C19H19F3N6O. The first-order chi connectivity index (χ1) is 13.8. The summed E-state index contributed by atoms with van der Waals surface area (Å²) in [5.74, 6) is -0.436. The minimum absolute atomic E-state index is 0.00783. The normalized spacial score (nSPS) is 11.6. The molecule has 0 aliphatic heterocycles. The summed E-state index contributed by atoms with van der Waals surface area (Å²) in [5, 5.41) is 6.48. The molecule has 0 radical (unpaired) electrons. The molecule has 0 spiro atoms. The number of pyridine rings is 1. The number of anilines is 1. The number of nitrogens with zero attached hydrogens (tertiary/aromatic N) is 5. The lowest BCUT2D eigenvalue weighted by atomic mass is 10.1. The fraction of sp³-hybridized carbons (Fsp3) is 0.263. The van der Waals surface area contributed by atoms with Gasteiger partial charge in [-0.15, -0.1) is 0 Å². The van der Waals surface area contributed by atoms with E-state index in [9.17, 15) is 18.0 Å². The van der Waals surface area contributed by atoms with Gasteiger partial charge in [0.2, 0.25) is 5.91 Å². The van der Waals surface area contributed by atoms with E-state index in [0.29, 0.717) is 18.7 Å². The molecule has 0 saturated carbocycles. The maximum atomic E-state index is 13.1. The third kappa shape index (κ3) is 5.61. The number of hydrogen-bond acceptors (Lipinski definition) is 5. The molecule has 1 amide bonds. The van der Waals surface area contributed by atoms with Crippen LogP contribution in [0.4, 0.5) is 18.9 Å². The zero-order valence-corrected chi connectivity index (χ0v) is 15.6. The van der Waals surface area contributed by atoms with Crippen molar-refractivity contribution in [3.8, 4) is 5.69 Å². The molecule has 2 heterocycles. The highest BCUT2D eigenvalue weighted by molar-refractivity contribution is 5.94. The first kappa shape index (κ1) is 20.5. The number of amides is 1. The maximum absolute atomic E-state index is 13.1. The Morgan fingerprint density at radius 1 is 1.24 bits per heavy atom. The number of hydrogen-bond donors (Lipinski definition) is 1. The van der Waals surface area contributed by atoms with Gasteiger partial charge >= 0.3 is 6.18 Å². The van der Waals surface area contributed by atoms with Crippen LogP contribution >= 0.6 is 0 Å². The van der Waals surface area contributed by atoms with Crippen molar-refractivity contribution < 1.29 is 18.0 Å². The smallest absolute Gasteiger partial charge is 0.323 e.